The van der Waals surface area contributed by atoms with E-state index in [0.717, 1.165) is 9.87 Å². The lowest BCUT2D eigenvalue weighted by atomic mass is 10.1. The topological polar surface area (TPSA) is 135 Å². The number of hydrazone groups is 1. The van der Waals surface area contributed by atoms with Gasteiger partial charge >= 0.3 is 0 Å². The van der Waals surface area contributed by atoms with Crippen LogP contribution >= 0.6 is 11.6 Å². The van der Waals surface area contributed by atoms with Crippen LogP contribution in [0, 0.1) is 24.0 Å². The summed E-state index contributed by atoms with van der Waals surface area (Å²) < 4.78 is 33.7. The molecule has 3 aromatic carbocycles. The molecular weight excluding hydrogens is 544 g/mol. The van der Waals surface area contributed by atoms with E-state index in [4.69, 9.17) is 16.0 Å². The Morgan fingerprint density at radius 2 is 1.74 bits per heavy atom. The zero-order valence-corrected chi connectivity index (χ0v) is 22.4. The van der Waals surface area contributed by atoms with Gasteiger partial charge < -0.3 is 4.42 Å². The number of hydrogen-bond donors (Lipinski definition) is 1. The molecule has 0 unspecified atom stereocenters. The number of carbonyl (C=O) groups is 1. The van der Waals surface area contributed by atoms with Crippen LogP contribution in [0.1, 0.15) is 16.9 Å². The van der Waals surface area contributed by atoms with E-state index in [1.165, 1.54) is 36.5 Å². The number of non-ortho nitro benzene ring substituents is 1. The molecule has 200 valence electrons. The smallest absolute Gasteiger partial charge is 0.269 e. The number of halogens is 1. The van der Waals surface area contributed by atoms with Crippen molar-refractivity contribution in [3.05, 3.63) is 111 Å². The zero-order valence-electron chi connectivity index (χ0n) is 20.9. The zero-order chi connectivity index (χ0) is 28.2. The molecule has 0 aliphatic rings. The number of nitrogens with one attached hydrogen (secondary N) is 1. The molecule has 1 N–H and O–H groups in total. The largest absolute Gasteiger partial charge is 0.455 e. The van der Waals surface area contributed by atoms with Gasteiger partial charge in [-0.25, -0.2) is 13.8 Å². The van der Waals surface area contributed by atoms with Crippen LogP contribution in [0.5, 0.6) is 0 Å². The molecule has 1 amide bonds. The highest BCUT2D eigenvalue weighted by atomic mass is 35.5. The van der Waals surface area contributed by atoms with Gasteiger partial charge in [0.25, 0.3) is 21.6 Å². The maximum Gasteiger partial charge on any atom is 0.269 e. The van der Waals surface area contributed by atoms with E-state index in [2.05, 4.69) is 10.5 Å². The van der Waals surface area contributed by atoms with Gasteiger partial charge in [0, 0.05) is 22.7 Å². The number of nitro groups is 1. The number of benzene rings is 3. The Kier molecular flexibility index (Phi) is 8.12. The highest BCUT2D eigenvalue weighted by Gasteiger charge is 2.28. The number of sulfonamides is 1. The molecule has 1 heterocycles. The van der Waals surface area contributed by atoms with Gasteiger partial charge in [-0.2, -0.15) is 5.10 Å². The third-order valence-corrected chi connectivity index (χ3v) is 7.72. The van der Waals surface area contributed by atoms with E-state index in [1.807, 2.05) is 6.92 Å². The van der Waals surface area contributed by atoms with Gasteiger partial charge in [0.2, 0.25) is 0 Å². The molecule has 4 aromatic rings. The Labute approximate surface area is 229 Å². The molecule has 1 aromatic heterocycles. The summed E-state index contributed by atoms with van der Waals surface area (Å²) in [5.74, 6) is 0.0615. The number of nitrogens with zero attached hydrogens (tertiary/aromatic N) is 3. The average molecular weight is 567 g/mol. The van der Waals surface area contributed by atoms with Crippen LogP contribution in [0.4, 0.5) is 11.4 Å². The molecule has 0 saturated heterocycles. The van der Waals surface area contributed by atoms with E-state index in [-0.39, 0.29) is 16.3 Å². The maximum absolute atomic E-state index is 13.5. The highest BCUT2D eigenvalue weighted by molar-refractivity contribution is 7.92. The number of amides is 1. The SMILES string of the molecule is Cc1ccc(S(=O)(=O)N(CC(=O)N/N=C\c2ccc(-c3ccc([N+](=O)[O-])cc3)o2)c2cc(Cl)ccc2C)cc1. The van der Waals surface area contributed by atoms with E-state index in [1.54, 1.807) is 55.5 Å². The second-order valence-electron chi connectivity index (χ2n) is 8.55. The van der Waals surface area contributed by atoms with Crippen LogP contribution in [0.25, 0.3) is 11.3 Å². The summed E-state index contributed by atoms with van der Waals surface area (Å²) in [6.45, 7) is 3.01. The minimum Gasteiger partial charge on any atom is -0.455 e. The molecule has 0 aliphatic carbocycles. The van der Waals surface area contributed by atoms with Crippen LogP contribution in [0.3, 0.4) is 0 Å². The number of hydrogen-bond acceptors (Lipinski definition) is 7. The van der Waals surface area contributed by atoms with Gasteiger partial charge in [0.05, 0.1) is 21.7 Å². The standard InChI is InChI=1S/C27H23ClN4O6S/c1-18-3-12-24(13-4-18)39(36,37)31(25-15-21(28)8-5-19(25)2)17-27(33)30-29-16-23-11-14-26(38-23)20-6-9-22(10-7-20)32(34)35/h3-16H,17H2,1-2H3,(H,30,33)/b29-16-. The van der Waals surface area contributed by atoms with Crippen molar-refractivity contribution in [2.75, 3.05) is 10.8 Å². The van der Waals surface area contributed by atoms with Crippen LogP contribution < -0.4 is 9.73 Å². The second kappa shape index (κ2) is 11.5. The molecule has 0 atom stereocenters. The second-order valence-corrected chi connectivity index (χ2v) is 10.9. The van der Waals surface area contributed by atoms with E-state index in [0.29, 0.717) is 27.7 Å². The van der Waals surface area contributed by atoms with Crippen molar-refractivity contribution in [1.29, 1.82) is 0 Å². The summed E-state index contributed by atoms with van der Waals surface area (Å²) in [5.41, 5.74) is 4.67. The molecule has 10 nitrogen and oxygen atoms in total. The Morgan fingerprint density at radius 3 is 2.41 bits per heavy atom. The molecule has 0 spiro atoms. The minimum absolute atomic E-state index is 0.0261. The summed E-state index contributed by atoms with van der Waals surface area (Å²) in [6, 6.07) is 20.2. The minimum atomic E-state index is -4.12. The monoisotopic (exact) mass is 566 g/mol. The van der Waals surface area contributed by atoms with Crippen molar-refractivity contribution in [2.24, 2.45) is 5.10 Å². The lowest BCUT2D eigenvalue weighted by molar-refractivity contribution is -0.384. The van der Waals surface area contributed by atoms with Crippen molar-refractivity contribution in [3.63, 3.8) is 0 Å². The fraction of sp³-hybridized carbons (Fsp3) is 0.111. The summed E-state index contributed by atoms with van der Waals surface area (Å²) in [7, 11) is -4.12. The molecule has 39 heavy (non-hydrogen) atoms. The van der Waals surface area contributed by atoms with Crippen LogP contribution in [-0.4, -0.2) is 32.0 Å². The van der Waals surface area contributed by atoms with E-state index in [9.17, 15) is 23.3 Å². The summed E-state index contributed by atoms with van der Waals surface area (Å²) in [5, 5.41) is 15.0. The van der Waals surface area contributed by atoms with Gasteiger partial charge in [-0.05, 0) is 67.9 Å². The Hall–Kier alpha value is -4.48. The molecule has 4 rings (SSSR count). The molecule has 0 fully saturated rings. The predicted octanol–water partition coefficient (Wildman–Crippen LogP) is 5.47. The first-order valence-corrected chi connectivity index (χ1v) is 13.4. The van der Waals surface area contributed by atoms with Crippen molar-refractivity contribution in [1.82, 2.24) is 5.43 Å². The summed E-state index contributed by atoms with van der Waals surface area (Å²) in [6.07, 6.45) is 1.26. The lowest BCUT2D eigenvalue weighted by Crippen LogP contribution is -2.40. The summed E-state index contributed by atoms with van der Waals surface area (Å²) in [4.78, 5) is 23.2. The van der Waals surface area contributed by atoms with Crippen LogP contribution in [0.15, 0.2) is 93.3 Å². The van der Waals surface area contributed by atoms with Crippen LogP contribution in [0.2, 0.25) is 5.02 Å². The fourth-order valence-corrected chi connectivity index (χ4v) is 5.29. The first kappa shape index (κ1) is 27.6. The number of carbonyl (C=O) groups excluding carboxylic acids is 1. The van der Waals surface area contributed by atoms with Gasteiger partial charge in [-0.15, -0.1) is 0 Å². The predicted molar refractivity (Wildman–Crippen MR) is 148 cm³/mol. The first-order valence-electron chi connectivity index (χ1n) is 11.6. The van der Waals surface area contributed by atoms with Gasteiger partial charge in [0.15, 0.2) is 0 Å². The van der Waals surface area contributed by atoms with Crippen LogP contribution in [-0.2, 0) is 14.8 Å². The maximum atomic E-state index is 13.5. The number of anilines is 1. The lowest BCUT2D eigenvalue weighted by Gasteiger charge is -2.25. The molecular formula is C27H23ClN4O6S. The number of furan rings is 1. The van der Waals surface area contributed by atoms with Crippen molar-refractivity contribution in [3.8, 4) is 11.3 Å². The molecule has 0 radical (unpaired) electrons. The van der Waals surface area contributed by atoms with Gasteiger partial charge in [0.1, 0.15) is 18.1 Å². The fourth-order valence-electron chi connectivity index (χ4n) is 3.65. The Bertz CT molecular complexity index is 1650. The number of nitro benzene ring substituents is 1. The molecule has 12 heteroatoms. The van der Waals surface area contributed by atoms with Crippen molar-refractivity contribution < 1.29 is 22.6 Å². The Balaban J connectivity index is 1.51. The highest BCUT2D eigenvalue weighted by Crippen LogP contribution is 2.29. The van der Waals surface area contributed by atoms with Crippen molar-refractivity contribution in [2.45, 2.75) is 18.7 Å². The van der Waals surface area contributed by atoms with E-state index < -0.39 is 27.4 Å². The third kappa shape index (κ3) is 6.51. The molecule has 0 aliphatic heterocycles. The number of rotatable bonds is 9. The number of aryl methyl sites for hydroxylation is 2. The van der Waals surface area contributed by atoms with Gasteiger partial charge in [-0.3, -0.25) is 19.2 Å². The third-order valence-electron chi connectivity index (χ3n) is 5.71. The average Bonchev–Trinajstić information content (AvgIpc) is 3.38. The Morgan fingerprint density at radius 1 is 1.05 bits per heavy atom. The van der Waals surface area contributed by atoms with E-state index >= 15 is 0 Å². The van der Waals surface area contributed by atoms with Crippen molar-refractivity contribution >= 4 is 45.1 Å². The summed E-state index contributed by atoms with van der Waals surface area (Å²) >= 11 is 6.15. The quantitative estimate of drug-likeness (QED) is 0.162. The molecule has 0 bridgehead atoms. The first-order chi connectivity index (χ1) is 18.5. The van der Waals surface area contributed by atoms with Gasteiger partial charge in [-0.1, -0.05) is 35.4 Å². The normalized spacial score (nSPS) is 11.5. The molecule has 0 saturated carbocycles.